The largest absolute Gasteiger partial charge is 0.302 e. The molecule has 1 aromatic heterocycles. The number of piperidine rings is 1. The van der Waals surface area contributed by atoms with E-state index in [0.29, 0.717) is 10.0 Å². The zero-order valence-corrected chi connectivity index (χ0v) is 16.6. The maximum absolute atomic E-state index is 6.42. The molecule has 3 heterocycles. The fourth-order valence-corrected chi connectivity index (χ4v) is 4.38. The van der Waals surface area contributed by atoms with Crippen LogP contribution in [0.3, 0.4) is 0 Å². The smallest absolute Gasteiger partial charge is 0.145 e. The lowest BCUT2D eigenvalue weighted by molar-refractivity contribution is 0.133. The summed E-state index contributed by atoms with van der Waals surface area (Å²) in [5, 5.41) is 1.28. The summed E-state index contributed by atoms with van der Waals surface area (Å²) in [4.78, 5) is 14.5. The van der Waals surface area contributed by atoms with E-state index < -0.39 is 0 Å². The van der Waals surface area contributed by atoms with Gasteiger partial charge in [-0.3, -0.25) is 4.90 Å². The molecular weight excluding hydrogens is 367 g/mol. The summed E-state index contributed by atoms with van der Waals surface area (Å²) in [6.07, 6.45) is 6.55. The zero-order chi connectivity index (χ0) is 18.1. The highest BCUT2D eigenvalue weighted by atomic mass is 35.5. The molecular formula is C20H24Cl2N4. The minimum Gasteiger partial charge on any atom is -0.302 e. The molecule has 2 aliphatic heterocycles. The Kier molecular flexibility index (Phi) is 5.46. The number of halogens is 2. The second-order valence-corrected chi connectivity index (χ2v) is 8.17. The van der Waals surface area contributed by atoms with Gasteiger partial charge in [0.15, 0.2) is 0 Å². The highest BCUT2D eigenvalue weighted by Gasteiger charge is 2.28. The van der Waals surface area contributed by atoms with E-state index in [-0.39, 0.29) is 6.04 Å². The summed E-state index contributed by atoms with van der Waals surface area (Å²) in [6, 6.07) is 6.12. The van der Waals surface area contributed by atoms with Gasteiger partial charge in [0.05, 0.1) is 16.1 Å². The van der Waals surface area contributed by atoms with Crippen LogP contribution in [0, 0.1) is 0 Å². The first-order valence-corrected chi connectivity index (χ1v) is 10.1. The van der Waals surface area contributed by atoms with E-state index in [9.17, 15) is 0 Å². The fourth-order valence-electron chi connectivity index (χ4n) is 4.00. The van der Waals surface area contributed by atoms with Crippen molar-refractivity contribution >= 4 is 23.2 Å². The number of fused-ring (bicyclic) bond motifs is 1. The van der Waals surface area contributed by atoms with Gasteiger partial charge in [0.1, 0.15) is 5.82 Å². The van der Waals surface area contributed by atoms with Crippen molar-refractivity contribution in [1.82, 2.24) is 19.8 Å². The molecule has 0 amide bonds. The number of hydrogen-bond acceptors (Lipinski definition) is 4. The molecule has 138 valence electrons. The Morgan fingerprint density at radius 2 is 2.08 bits per heavy atom. The van der Waals surface area contributed by atoms with E-state index in [2.05, 4.69) is 22.9 Å². The van der Waals surface area contributed by atoms with Crippen molar-refractivity contribution in [2.45, 2.75) is 44.8 Å². The Morgan fingerprint density at radius 1 is 1.19 bits per heavy atom. The van der Waals surface area contributed by atoms with E-state index >= 15 is 0 Å². The standard InChI is InChI=1S/C20H24Cl2N4/c1-25-10-8-17-15(12-25)11-23-20(24-17)18-7-2-3-9-26(18)13-14-5-4-6-16(21)19(14)22/h4-6,11,18H,2-3,7-10,12-13H2,1H3. The molecule has 1 fully saturated rings. The monoisotopic (exact) mass is 390 g/mol. The lowest BCUT2D eigenvalue weighted by atomic mass is 9.99. The molecule has 4 nitrogen and oxygen atoms in total. The summed E-state index contributed by atoms with van der Waals surface area (Å²) in [6.45, 7) is 3.84. The summed E-state index contributed by atoms with van der Waals surface area (Å²) in [5.41, 5.74) is 3.56. The van der Waals surface area contributed by atoms with Crippen molar-refractivity contribution in [3.05, 3.63) is 57.1 Å². The van der Waals surface area contributed by atoms with Gasteiger partial charge in [0.25, 0.3) is 0 Å². The number of likely N-dealkylation sites (N-methyl/N-ethyl adjacent to an activating group) is 1. The first kappa shape index (κ1) is 18.2. The number of likely N-dealkylation sites (tertiary alicyclic amines) is 1. The van der Waals surface area contributed by atoms with Crippen LogP contribution in [0.1, 0.15) is 47.9 Å². The Morgan fingerprint density at radius 3 is 2.96 bits per heavy atom. The number of rotatable bonds is 3. The Balaban J connectivity index is 1.59. The third-order valence-corrected chi connectivity index (χ3v) is 6.32. The Hall–Kier alpha value is -1.20. The predicted molar refractivity (Wildman–Crippen MR) is 106 cm³/mol. The van der Waals surface area contributed by atoms with Gasteiger partial charge >= 0.3 is 0 Å². The summed E-state index contributed by atoms with van der Waals surface area (Å²) in [5.74, 6) is 0.964. The zero-order valence-electron chi connectivity index (χ0n) is 15.1. The van der Waals surface area contributed by atoms with Gasteiger partial charge in [-0.25, -0.2) is 9.97 Å². The van der Waals surface area contributed by atoms with Crippen molar-refractivity contribution < 1.29 is 0 Å². The van der Waals surface area contributed by atoms with Crippen LogP contribution in [0.4, 0.5) is 0 Å². The van der Waals surface area contributed by atoms with Crippen LogP contribution in [0.15, 0.2) is 24.4 Å². The first-order valence-electron chi connectivity index (χ1n) is 9.32. The van der Waals surface area contributed by atoms with Gasteiger partial charge in [-0.15, -0.1) is 0 Å². The quantitative estimate of drug-likeness (QED) is 0.771. The normalized spacial score (nSPS) is 21.6. The van der Waals surface area contributed by atoms with Crippen molar-refractivity contribution in [2.75, 3.05) is 20.1 Å². The van der Waals surface area contributed by atoms with Gasteiger partial charge in [-0.1, -0.05) is 41.8 Å². The van der Waals surface area contributed by atoms with Crippen molar-refractivity contribution in [3.63, 3.8) is 0 Å². The topological polar surface area (TPSA) is 32.3 Å². The van der Waals surface area contributed by atoms with Crippen LogP contribution in [-0.4, -0.2) is 39.9 Å². The van der Waals surface area contributed by atoms with E-state index in [4.69, 9.17) is 33.2 Å². The molecule has 1 atom stereocenters. The van der Waals surface area contributed by atoms with Crippen LogP contribution in [0.25, 0.3) is 0 Å². The summed E-state index contributed by atoms with van der Waals surface area (Å²) >= 11 is 12.6. The average molecular weight is 391 g/mol. The maximum atomic E-state index is 6.42. The highest BCUT2D eigenvalue weighted by Crippen LogP contribution is 2.33. The van der Waals surface area contributed by atoms with Crippen molar-refractivity contribution in [2.24, 2.45) is 0 Å². The fraction of sp³-hybridized carbons (Fsp3) is 0.500. The predicted octanol–water partition coefficient (Wildman–Crippen LogP) is 4.50. The molecule has 1 aromatic carbocycles. The molecule has 0 saturated carbocycles. The molecule has 1 saturated heterocycles. The minimum atomic E-state index is 0.253. The van der Waals surface area contributed by atoms with Gasteiger partial charge < -0.3 is 4.90 Å². The van der Waals surface area contributed by atoms with Crippen LogP contribution in [0.5, 0.6) is 0 Å². The van der Waals surface area contributed by atoms with Crippen LogP contribution < -0.4 is 0 Å². The number of nitrogens with zero attached hydrogens (tertiary/aromatic N) is 4. The van der Waals surface area contributed by atoms with Crippen LogP contribution >= 0.6 is 23.2 Å². The molecule has 0 radical (unpaired) electrons. The lowest BCUT2D eigenvalue weighted by Gasteiger charge is -2.35. The highest BCUT2D eigenvalue weighted by molar-refractivity contribution is 6.42. The first-order chi connectivity index (χ1) is 12.6. The lowest BCUT2D eigenvalue weighted by Crippen LogP contribution is -2.35. The Bertz CT molecular complexity index is 795. The van der Waals surface area contributed by atoms with Crippen molar-refractivity contribution in [3.8, 4) is 0 Å². The van der Waals surface area contributed by atoms with E-state index in [1.54, 1.807) is 0 Å². The minimum absolute atomic E-state index is 0.253. The summed E-state index contributed by atoms with van der Waals surface area (Å²) < 4.78 is 0. The molecule has 0 spiro atoms. The van der Waals surface area contributed by atoms with E-state index in [1.807, 2.05) is 18.3 Å². The van der Waals surface area contributed by atoms with Gasteiger partial charge in [0.2, 0.25) is 0 Å². The number of hydrogen-bond donors (Lipinski definition) is 0. The maximum Gasteiger partial charge on any atom is 0.145 e. The molecule has 4 rings (SSSR count). The third kappa shape index (κ3) is 3.74. The molecule has 26 heavy (non-hydrogen) atoms. The van der Waals surface area contributed by atoms with E-state index in [0.717, 1.165) is 50.4 Å². The van der Waals surface area contributed by atoms with Crippen LogP contribution in [0.2, 0.25) is 10.0 Å². The molecule has 2 aromatic rings. The van der Waals surface area contributed by atoms with E-state index in [1.165, 1.54) is 24.1 Å². The molecule has 1 unspecified atom stereocenters. The SMILES string of the molecule is CN1CCc2nc(C3CCCCN3Cc3cccc(Cl)c3Cl)ncc2C1. The molecule has 6 heteroatoms. The third-order valence-electron chi connectivity index (χ3n) is 5.46. The second-order valence-electron chi connectivity index (χ2n) is 7.38. The molecule has 0 N–H and O–H groups in total. The van der Waals surface area contributed by atoms with Gasteiger partial charge in [-0.05, 0) is 38.1 Å². The summed E-state index contributed by atoms with van der Waals surface area (Å²) in [7, 11) is 2.15. The Labute approximate surface area is 165 Å². The van der Waals surface area contributed by atoms with Gasteiger partial charge in [0, 0.05) is 43.5 Å². The average Bonchev–Trinajstić information content (AvgIpc) is 2.65. The number of aromatic nitrogens is 2. The molecule has 2 aliphatic rings. The van der Waals surface area contributed by atoms with Crippen molar-refractivity contribution in [1.29, 1.82) is 0 Å². The second kappa shape index (κ2) is 7.81. The van der Waals surface area contributed by atoms with Gasteiger partial charge in [-0.2, -0.15) is 0 Å². The number of benzene rings is 1. The molecule has 0 bridgehead atoms. The molecule has 0 aliphatic carbocycles. The van der Waals surface area contributed by atoms with Crippen LogP contribution in [-0.2, 0) is 19.5 Å².